The first-order valence-electron chi connectivity index (χ1n) is 13.1. The topological polar surface area (TPSA) is 236 Å². The summed E-state index contributed by atoms with van der Waals surface area (Å²) in [6, 6.07) is 10.9. The van der Waals surface area contributed by atoms with Gasteiger partial charge in [-0.15, -0.1) is 0 Å². The van der Waals surface area contributed by atoms with E-state index in [2.05, 4.69) is 0 Å². The van der Waals surface area contributed by atoms with Gasteiger partial charge in [0.15, 0.2) is 12.4 Å². The van der Waals surface area contributed by atoms with Crippen molar-refractivity contribution in [3.63, 3.8) is 0 Å². The molecule has 240 valence electrons. The molecule has 0 bridgehead atoms. The van der Waals surface area contributed by atoms with Crippen molar-refractivity contribution in [3.8, 4) is 0 Å². The SMILES string of the molecule is Cc1ccc(S(=O)(=O)OC[C@@]2(O[C@H]3O[C@H](CO)[C@@H](O)[C@H](O)[C@H]3O)O[C@H](CO)[C@@H](O)[C@@H]2OS(=O)(=O)c2ccc(C)cc2)cc1. The lowest BCUT2D eigenvalue weighted by molar-refractivity contribution is -0.380. The zero-order valence-electron chi connectivity index (χ0n) is 23.0. The molecule has 0 saturated carbocycles. The summed E-state index contributed by atoms with van der Waals surface area (Å²) in [5.41, 5.74) is 1.46. The highest BCUT2D eigenvalue weighted by Gasteiger charge is 2.62. The molecular formula is C26H34O15S2. The van der Waals surface area contributed by atoms with Crippen LogP contribution in [0.5, 0.6) is 0 Å². The Morgan fingerprint density at radius 1 is 0.721 bits per heavy atom. The molecule has 2 saturated heterocycles. The summed E-state index contributed by atoms with van der Waals surface area (Å²) in [4.78, 5) is -0.657. The molecule has 2 fully saturated rings. The Morgan fingerprint density at radius 3 is 1.74 bits per heavy atom. The quantitative estimate of drug-likeness (QED) is 0.145. The molecule has 4 rings (SSSR count). The van der Waals surface area contributed by atoms with Gasteiger partial charge in [-0.05, 0) is 38.1 Å². The van der Waals surface area contributed by atoms with Crippen LogP contribution in [0.4, 0.5) is 0 Å². The lowest BCUT2D eigenvalue weighted by atomic mass is 9.99. The molecule has 2 aromatic carbocycles. The molecule has 43 heavy (non-hydrogen) atoms. The van der Waals surface area contributed by atoms with Crippen LogP contribution in [0.25, 0.3) is 0 Å². The highest BCUT2D eigenvalue weighted by molar-refractivity contribution is 7.87. The van der Waals surface area contributed by atoms with Crippen LogP contribution in [0.3, 0.4) is 0 Å². The predicted octanol–water partition coefficient (Wildman–Crippen LogP) is -1.95. The van der Waals surface area contributed by atoms with E-state index in [1.807, 2.05) is 0 Å². The van der Waals surface area contributed by atoms with Crippen molar-refractivity contribution >= 4 is 20.2 Å². The minimum atomic E-state index is -4.74. The van der Waals surface area contributed by atoms with Crippen molar-refractivity contribution in [2.75, 3.05) is 19.8 Å². The van der Waals surface area contributed by atoms with E-state index in [9.17, 15) is 47.5 Å². The van der Waals surface area contributed by atoms with Crippen LogP contribution in [-0.2, 0) is 42.8 Å². The smallest absolute Gasteiger partial charge is 0.297 e. The fourth-order valence-electron chi connectivity index (χ4n) is 4.56. The average molecular weight is 651 g/mol. The molecule has 0 unspecified atom stereocenters. The third-order valence-electron chi connectivity index (χ3n) is 7.08. The molecule has 0 aromatic heterocycles. The first kappa shape index (κ1) is 33.8. The highest BCUT2D eigenvalue weighted by atomic mass is 32.2. The number of rotatable bonds is 11. The molecule has 2 aromatic rings. The largest absolute Gasteiger partial charge is 0.394 e. The Kier molecular flexibility index (Phi) is 10.3. The third kappa shape index (κ3) is 7.09. The number of aryl methyl sites for hydroxylation is 2. The molecule has 6 N–H and O–H groups in total. The molecule has 0 aliphatic carbocycles. The van der Waals surface area contributed by atoms with Gasteiger partial charge < -0.3 is 44.8 Å². The second-order valence-electron chi connectivity index (χ2n) is 10.3. The van der Waals surface area contributed by atoms with Gasteiger partial charge in [0, 0.05) is 0 Å². The summed E-state index contributed by atoms with van der Waals surface area (Å²) in [5, 5.41) is 61.5. The van der Waals surface area contributed by atoms with Gasteiger partial charge in [-0.3, -0.25) is 8.37 Å². The molecule has 9 atom stereocenters. The second kappa shape index (κ2) is 13.1. The van der Waals surface area contributed by atoms with E-state index in [-0.39, 0.29) is 9.79 Å². The molecule has 0 spiro atoms. The summed E-state index contributed by atoms with van der Waals surface area (Å²) < 4.78 is 80.0. The Bertz CT molecular complexity index is 1450. The molecular weight excluding hydrogens is 616 g/mol. The summed E-state index contributed by atoms with van der Waals surface area (Å²) in [6.07, 6.45) is -15.1. The molecule has 17 heteroatoms. The van der Waals surface area contributed by atoms with E-state index in [4.69, 9.17) is 22.6 Å². The molecule has 15 nitrogen and oxygen atoms in total. The third-order valence-corrected chi connectivity index (χ3v) is 9.67. The number of benzene rings is 2. The average Bonchev–Trinajstić information content (AvgIpc) is 3.22. The van der Waals surface area contributed by atoms with E-state index >= 15 is 0 Å². The van der Waals surface area contributed by atoms with Crippen LogP contribution in [0.15, 0.2) is 58.3 Å². The summed E-state index contributed by atoms with van der Waals surface area (Å²) >= 11 is 0. The maximum Gasteiger partial charge on any atom is 0.297 e. The minimum absolute atomic E-state index is 0.303. The number of ether oxygens (including phenoxy) is 3. The molecule has 2 aliphatic heterocycles. The first-order valence-corrected chi connectivity index (χ1v) is 15.9. The van der Waals surface area contributed by atoms with Crippen LogP contribution in [-0.4, -0.2) is 122 Å². The molecule has 2 heterocycles. The van der Waals surface area contributed by atoms with Gasteiger partial charge in [-0.2, -0.15) is 16.8 Å². The number of aliphatic hydroxyl groups excluding tert-OH is 6. The van der Waals surface area contributed by atoms with Crippen molar-refractivity contribution in [2.45, 2.75) is 78.4 Å². The van der Waals surface area contributed by atoms with Gasteiger partial charge in [-0.1, -0.05) is 35.4 Å². The van der Waals surface area contributed by atoms with Crippen LogP contribution in [0, 0.1) is 13.8 Å². The van der Waals surface area contributed by atoms with Crippen LogP contribution >= 0.6 is 0 Å². The highest BCUT2D eigenvalue weighted by Crippen LogP contribution is 2.40. The van der Waals surface area contributed by atoms with E-state index in [1.54, 1.807) is 13.8 Å². The fraction of sp³-hybridized carbons (Fsp3) is 0.538. The van der Waals surface area contributed by atoms with Crippen molar-refractivity contribution in [3.05, 3.63) is 59.7 Å². The Morgan fingerprint density at radius 2 is 1.23 bits per heavy atom. The monoisotopic (exact) mass is 650 g/mol. The van der Waals surface area contributed by atoms with E-state index in [0.29, 0.717) is 0 Å². The summed E-state index contributed by atoms with van der Waals surface area (Å²) in [7, 11) is -9.33. The lowest BCUT2D eigenvalue weighted by Crippen LogP contribution is -2.63. The Labute approximate surface area is 248 Å². The van der Waals surface area contributed by atoms with Gasteiger partial charge in [0.25, 0.3) is 20.2 Å². The van der Waals surface area contributed by atoms with Gasteiger partial charge >= 0.3 is 0 Å². The zero-order valence-corrected chi connectivity index (χ0v) is 24.7. The van der Waals surface area contributed by atoms with Gasteiger partial charge in [0.05, 0.1) is 23.0 Å². The Hall–Kier alpha value is -2.10. The fourth-order valence-corrected chi connectivity index (χ4v) is 6.60. The van der Waals surface area contributed by atoms with E-state index in [0.717, 1.165) is 11.1 Å². The van der Waals surface area contributed by atoms with Gasteiger partial charge in [-0.25, -0.2) is 0 Å². The molecule has 2 aliphatic rings. The van der Waals surface area contributed by atoms with Crippen molar-refractivity contribution in [1.29, 1.82) is 0 Å². The minimum Gasteiger partial charge on any atom is -0.394 e. The van der Waals surface area contributed by atoms with Crippen LogP contribution < -0.4 is 0 Å². The number of hydrogen-bond donors (Lipinski definition) is 6. The van der Waals surface area contributed by atoms with Gasteiger partial charge in [0.2, 0.25) is 5.79 Å². The number of hydrogen-bond acceptors (Lipinski definition) is 15. The van der Waals surface area contributed by atoms with Crippen molar-refractivity contribution < 1.29 is 70.1 Å². The summed E-state index contributed by atoms with van der Waals surface area (Å²) in [6.45, 7) is 0.416. The maximum atomic E-state index is 13.3. The second-order valence-corrected chi connectivity index (χ2v) is 13.5. The normalized spacial score (nSPS) is 33.5. The van der Waals surface area contributed by atoms with Crippen molar-refractivity contribution in [1.82, 2.24) is 0 Å². The standard InChI is InChI=1S/C26H34O15S2/c1-14-3-7-16(8-4-14)42(33,34)37-13-26(40-25-23(32)22(31)20(29)18(11-27)38-25)24(21(30)19(12-28)39-26)41-43(35,36)17-9-5-15(2)6-10-17/h3-10,18-25,27-32H,11-13H2,1-2H3/t18-,19-,20-,21-,22+,23-,24+,25-,26+/m1/s1. The van der Waals surface area contributed by atoms with Crippen LogP contribution in [0.2, 0.25) is 0 Å². The maximum absolute atomic E-state index is 13.3. The van der Waals surface area contributed by atoms with Crippen LogP contribution in [0.1, 0.15) is 11.1 Å². The Balaban J connectivity index is 1.76. The van der Waals surface area contributed by atoms with E-state index < -0.39 is 94.9 Å². The number of aliphatic hydroxyl groups is 6. The van der Waals surface area contributed by atoms with Crippen molar-refractivity contribution in [2.24, 2.45) is 0 Å². The molecule has 0 amide bonds. The first-order chi connectivity index (χ1) is 20.1. The lowest BCUT2D eigenvalue weighted by Gasteiger charge is -2.43. The van der Waals surface area contributed by atoms with E-state index in [1.165, 1.54) is 48.5 Å². The summed E-state index contributed by atoms with van der Waals surface area (Å²) in [5.74, 6) is -2.75. The predicted molar refractivity (Wildman–Crippen MR) is 143 cm³/mol. The molecule has 0 radical (unpaired) electrons. The van der Waals surface area contributed by atoms with Gasteiger partial charge in [0.1, 0.15) is 43.2 Å². The zero-order chi connectivity index (χ0) is 31.7.